The Labute approximate surface area is 94.4 Å². The van der Waals surface area contributed by atoms with E-state index in [1.807, 2.05) is 17.0 Å². The van der Waals surface area contributed by atoms with Crippen LogP contribution in [0.4, 0.5) is 5.69 Å². The number of aromatic hydroxyl groups is 1. The smallest absolute Gasteiger partial charge is 0.156 e. The van der Waals surface area contributed by atoms with Crippen molar-refractivity contribution in [3.63, 3.8) is 0 Å². The van der Waals surface area contributed by atoms with Gasteiger partial charge in [0.05, 0.1) is 16.7 Å². The maximum atomic E-state index is 11.6. The third-order valence-corrected chi connectivity index (χ3v) is 5.71. The summed E-state index contributed by atoms with van der Waals surface area (Å²) in [5.74, 6) is 0.457. The third-order valence-electron chi connectivity index (χ3n) is 3.50. The van der Waals surface area contributed by atoms with E-state index in [1.165, 1.54) is 0 Å². The summed E-state index contributed by atoms with van der Waals surface area (Å²) in [6, 6.07) is 7.14. The summed E-state index contributed by atoms with van der Waals surface area (Å²) in [6.07, 6.45) is 0.705. The molecule has 16 heavy (non-hydrogen) atoms. The van der Waals surface area contributed by atoms with Gasteiger partial charge in [-0.05, 0) is 18.6 Å². The van der Waals surface area contributed by atoms with Crippen LogP contribution in [-0.4, -0.2) is 37.1 Å². The summed E-state index contributed by atoms with van der Waals surface area (Å²) in [4.78, 5) is 2.01. The normalized spacial score (nSPS) is 30.9. The average molecular weight is 239 g/mol. The Morgan fingerprint density at radius 2 is 2.06 bits per heavy atom. The molecule has 1 aromatic carbocycles. The largest absolute Gasteiger partial charge is 0.506 e. The van der Waals surface area contributed by atoms with Crippen LogP contribution in [0.15, 0.2) is 24.3 Å². The van der Waals surface area contributed by atoms with Gasteiger partial charge >= 0.3 is 0 Å². The first kappa shape index (κ1) is 9.96. The van der Waals surface area contributed by atoms with Gasteiger partial charge < -0.3 is 10.0 Å². The van der Waals surface area contributed by atoms with Crippen molar-refractivity contribution >= 4 is 15.5 Å². The molecule has 1 aromatic rings. The minimum Gasteiger partial charge on any atom is -0.506 e. The maximum absolute atomic E-state index is 11.6. The molecule has 2 unspecified atom stereocenters. The lowest BCUT2D eigenvalue weighted by atomic mass is 10.2. The van der Waals surface area contributed by atoms with Crippen molar-refractivity contribution < 1.29 is 13.5 Å². The van der Waals surface area contributed by atoms with Crippen LogP contribution >= 0.6 is 0 Å². The van der Waals surface area contributed by atoms with Gasteiger partial charge in [-0.2, -0.15) is 0 Å². The first-order valence-electron chi connectivity index (χ1n) is 5.34. The van der Waals surface area contributed by atoms with E-state index in [4.69, 9.17) is 0 Å². The Balaban J connectivity index is 1.94. The zero-order valence-electron chi connectivity index (χ0n) is 8.70. The second-order valence-corrected chi connectivity index (χ2v) is 6.81. The number of para-hydroxylation sites is 2. The zero-order valence-corrected chi connectivity index (χ0v) is 9.52. The maximum Gasteiger partial charge on any atom is 0.156 e. The Hall–Kier alpha value is -1.23. The first-order valence-corrected chi connectivity index (χ1v) is 7.06. The number of rotatable bonds is 1. The molecule has 1 N–H and O–H groups in total. The summed E-state index contributed by atoms with van der Waals surface area (Å²) in [5, 5.41) is 9.50. The fourth-order valence-electron chi connectivity index (χ4n) is 2.70. The molecular formula is C11H13NO3S. The molecule has 86 valence electrons. The molecule has 2 atom stereocenters. The van der Waals surface area contributed by atoms with Crippen LogP contribution in [0, 0.1) is 0 Å². The predicted octanol–water partition coefficient (Wildman–Crippen LogP) is 0.768. The van der Waals surface area contributed by atoms with E-state index < -0.39 is 9.84 Å². The van der Waals surface area contributed by atoms with Crippen LogP contribution in [-0.2, 0) is 9.84 Å². The van der Waals surface area contributed by atoms with Gasteiger partial charge in [-0.3, -0.25) is 0 Å². The van der Waals surface area contributed by atoms with Crippen molar-refractivity contribution in [3.8, 4) is 5.75 Å². The Morgan fingerprint density at radius 1 is 1.31 bits per heavy atom. The van der Waals surface area contributed by atoms with Crippen LogP contribution in [0.25, 0.3) is 0 Å². The highest BCUT2D eigenvalue weighted by Crippen LogP contribution is 2.39. The van der Waals surface area contributed by atoms with Crippen LogP contribution in [0.5, 0.6) is 5.75 Å². The van der Waals surface area contributed by atoms with E-state index in [0.29, 0.717) is 13.0 Å². The van der Waals surface area contributed by atoms with Crippen molar-refractivity contribution in [2.75, 3.05) is 17.2 Å². The van der Waals surface area contributed by atoms with Crippen LogP contribution in [0.1, 0.15) is 6.42 Å². The van der Waals surface area contributed by atoms with Gasteiger partial charge in [0, 0.05) is 12.6 Å². The van der Waals surface area contributed by atoms with Gasteiger partial charge in [0.15, 0.2) is 9.84 Å². The topological polar surface area (TPSA) is 57.6 Å². The molecule has 2 bridgehead atoms. The molecule has 0 amide bonds. The molecule has 0 aliphatic carbocycles. The number of phenolic OH excluding ortho intramolecular Hbond substituents is 1. The number of anilines is 1. The SMILES string of the molecule is O=S1(=O)CC2CC1CN2c1ccccc1O. The van der Waals surface area contributed by atoms with Gasteiger partial charge in [0.1, 0.15) is 5.75 Å². The summed E-state index contributed by atoms with van der Waals surface area (Å²) in [5.41, 5.74) is 0.755. The minimum atomic E-state index is -2.86. The summed E-state index contributed by atoms with van der Waals surface area (Å²) >= 11 is 0. The van der Waals surface area contributed by atoms with E-state index in [-0.39, 0.29) is 22.8 Å². The number of nitrogens with zero attached hydrogens (tertiary/aromatic N) is 1. The van der Waals surface area contributed by atoms with Crippen LogP contribution < -0.4 is 4.90 Å². The molecule has 3 rings (SSSR count). The second-order valence-electron chi connectivity index (χ2n) is 4.48. The Morgan fingerprint density at radius 3 is 2.62 bits per heavy atom. The summed E-state index contributed by atoms with van der Waals surface area (Å²) in [7, 11) is -2.86. The minimum absolute atomic E-state index is 0.0447. The van der Waals surface area contributed by atoms with E-state index >= 15 is 0 Å². The number of benzene rings is 1. The van der Waals surface area contributed by atoms with Gasteiger partial charge in [-0.1, -0.05) is 12.1 Å². The number of sulfone groups is 1. The summed E-state index contributed by atoms with van der Waals surface area (Å²) < 4.78 is 23.2. The molecule has 0 spiro atoms. The zero-order chi connectivity index (χ0) is 11.3. The van der Waals surface area contributed by atoms with Gasteiger partial charge in [-0.15, -0.1) is 0 Å². The van der Waals surface area contributed by atoms with Crippen molar-refractivity contribution in [1.29, 1.82) is 0 Å². The molecule has 2 heterocycles. The van der Waals surface area contributed by atoms with Crippen molar-refractivity contribution in [1.82, 2.24) is 0 Å². The van der Waals surface area contributed by atoms with Crippen molar-refractivity contribution in [2.24, 2.45) is 0 Å². The molecule has 2 aliphatic heterocycles. The Bertz CT molecular complexity index is 526. The number of hydrogen-bond acceptors (Lipinski definition) is 4. The van der Waals surface area contributed by atoms with E-state index in [2.05, 4.69) is 0 Å². The molecule has 0 saturated carbocycles. The van der Waals surface area contributed by atoms with E-state index in [1.54, 1.807) is 12.1 Å². The lowest BCUT2D eigenvalue weighted by Gasteiger charge is -2.29. The van der Waals surface area contributed by atoms with Crippen LogP contribution in [0.2, 0.25) is 0 Å². The standard InChI is InChI=1S/C11H13NO3S/c13-11-4-2-1-3-10(11)12-6-9-5-8(12)7-16(9,14)15/h1-4,8-9,13H,5-7H2. The molecule has 2 fully saturated rings. The lowest BCUT2D eigenvalue weighted by Crippen LogP contribution is -2.40. The van der Waals surface area contributed by atoms with Crippen molar-refractivity contribution in [3.05, 3.63) is 24.3 Å². The summed E-state index contributed by atoms with van der Waals surface area (Å²) in [6.45, 7) is 0.518. The quantitative estimate of drug-likeness (QED) is 0.786. The molecule has 0 aromatic heterocycles. The highest BCUT2D eigenvalue weighted by atomic mass is 32.2. The Kier molecular flexibility index (Phi) is 1.95. The highest BCUT2D eigenvalue weighted by Gasteiger charge is 2.48. The third kappa shape index (κ3) is 1.31. The molecule has 2 aliphatic rings. The number of hydrogen-bond donors (Lipinski definition) is 1. The van der Waals surface area contributed by atoms with E-state index in [0.717, 1.165) is 5.69 Å². The van der Waals surface area contributed by atoms with Crippen molar-refractivity contribution in [2.45, 2.75) is 17.7 Å². The number of fused-ring (bicyclic) bond motifs is 2. The molecule has 4 nitrogen and oxygen atoms in total. The fraction of sp³-hybridized carbons (Fsp3) is 0.455. The predicted molar refractivity (Wildman–Crippen MR) is 61.4 cm³/mol. The average Bonchev–Trinajstić information content (AvgIpc) is 2.73. The van der Waals surface area contributed by atoms with Gasteiger partial charge in [0.25, 0.3) is 0 Å². The molecule has 0 radical (unpaired) electrons. The monoisotopic (exact) mass is 239 g/mol. The van der Waals surface area contributed by atoms with E-state index in [9.17, 15) is 13.5 Å². The molecule has 5 heteroatoms. The highest BCUT2D eigenvalue weighted by molar-refractivity contribution is 7.92. The first-order chi connectivity index (χ1) is 7.58. The molecule has 2 saturated heterocycles. The number of phenols is 1. The molecular weight excluding hydrogens is 226 g/mol. The van der Waals surface area contributed by atoms with Gasteiger partial charge in [0.2, 0.25) is 0 Å². The second kappa shape index (κ2) is 3.13. The van der Waals surface area contributed by atoms with Gasteiger partial charge in [-0.25, -0.2) is 8.42 Å². The van der Waals surface area contributed by atoms with Crippen LogP contribution in [0.3, 0.4) is 0 Å². The fourth-order valence-corrected chi connectivity index (χ4v) is 4.73. The lowest BCUT2D eigenvalue weighted by molar-refractivity contribution is 0.473.